The Morgan fingerprint density at radius 2 is 1.91 bits per heavy atom. The summed E-state index contributed by atoms with van der Waals surface area (Å²) in [6.45, 7) is 0. The van der Waals surface area contributed by atoms with Gasteiger partial charge in [0.2, 0.25) is 5.95 Å². The van der Waals surface area contributed by atoms with Gasteiger partial charge in [-0.2, -0.15) is 4.68 Å². The first kappa shape index (κ1) is 13.0. The maximum atomic E-state index is 6.12. The molecule has 0 fully saturated rings. The van der Waals surface area contributed by atoms with Crippen LogP contribution >= 0.6 is 11.6 Å². The van der Waals surface area contributed by atoms with E-state index in [4.69, 9.17) is 11.6 Å². The molecule has 5 nitrogen and oxygen atoms in total. The highest BCUT2D eigenvalue weighted by Crippen LogP contribution is 2.32. The molecule has 108 valence electrons. The molecule has 1 aliphatic rings. The number of allylic oxidation sites excluding steroid dienone is 1. The Kier molecular flexibility index (Phi) is 3.12. The van der Waals surface area contributed by atoms with Gasteiger partial charge in [0.15, 0.2) is 0 Å². The second-order valence-corrected chi connectivity index (χ2v) is 5.45. The van der Waals surface area contributed by atoms with Gasteiger partial charge in [-0.3, -0.25) is 0 Å². The monoisotopic (exact) mass is 309 g/mol. The van der Waals surface area contributed by atoms with Crippen molar-refractivity contribution in [1.29, 1.82) is 0 Å². The van der Waals surface area contributed by atoms with Crippen LogP contribution in [0, 0.1) is 0 Å². The third-order valence-electron chi connectivity index (χ3n) is 3.60. The van der Waals surface area contributed by atoms with Crippen molar-refractivity contribution in [2.75, 3.05) is 5.32 Å². The van der Waals surface area contributed by atoms with Crippen LogP contribution in [0.25, 0.3) is 5.70 Å². The van der Waals surface area contributed by atoms with Crippen molar-refractivity contribution in [3.63, 3.8) is 0 Å². The zero-order valence-corrected chi connectivity index (χ0v) is 12.3. The van der Waals surface area contributed by atoms with Crippen LogP contribution in [0.3, 0.4) is 0 Å². The summed E-state index contributed by atoms with van der Waals surface area (Å²) in [7, 11) is 0. The lowest BCUT2D eigenvalue weighted by molar-refractivity contribution is 0.586. The molecule has 0 bridgehead atoms. The molecule has 0 saturated carbocycles. The third-order valence-corrected chi connectivity index (χ3v) is 3.84. The molecule has 0 spiro atoms. The van der Waals surface area contributed by atoms with Crippen molar-refractivity contribution in [3.05, 3.63) is 76.8 Å². The van der Waals surface area contributed by atoms with Gasteiger partial charge in [0.25, 0.3) is 0 Å². The smallest absolute Gasteiger partial charge is 0.248 e. The first-order valence-corrected chi connectivity index (χ1v) is 7.27. The third kappa shape index (κ3) is 2.25. The molecule has 0 aliphatic carbocycles. The molecule has 0 amide bonds. The lowest BCUT2D eigenvalue weighted by atomic mass is 10.0. The predicted molar refractivity (Wildman–Crippen MR) is 85.4 cm³/mol. The fourth-order valence-electron chi connectivity index (χ4n) is 2.57. The average Bonchev–Trinajstić information content (AvgIpc) is 3.03. The highest BCUT2D eigenvalue weighted by molar-refractivity contribution is 6.30. The molecule has 4 rings (SSSR count). The van der Waals surface area contributed by atoms with Crippen molar-refractivity contribution < 1.29 is 0 Å². The predicted octanol–water partition coefficient (Wildman–Crippen LogP) is 3.38. The largest absolute Gasteiger partial charge is 0.323 e. The van der Waals surface area contributed by atoms with Gasteiger partial charge in [-0.1, -0.05) is 59.2 Å². The molecule has 1 aromatic heterocycles. The summed E-state index contributed by atoms with van der Waals surface area (Å²) in [5, 5.41) is 15.8. The summed E-state index contributed by atoms with van der Waals surface area (Å²) in [5.74, 6) is 0.617. The fourth-order valence-corrected chi connectivity index (χ4v) is 2.77. The van der Waals surface area contributed by atoms with Crippen LogP contribution in [0.2, 0.25) is 5.02 Å². The fraction of sp³-hybridized carbons (Fsp3) is 0.0625. The van der Waals surface area contributed by atoms with Gasteiger partial charge in [0.1, 0.15) is 6.04 Å². The minimum atomic E-state index is -0.0971. The Morgan fingerprint density at radius 1 is 1.05 bits per heavy atom. The van der Waals surface area contributed by atoms with E-state index in [9.17, 15) is 0 Å². The molecule has 0 saturated heterocycles. The van der Waals surface area contributed by atoms with Gasteiger partial charge in [-0.15, -0.1) is 0 Å². The summed E-state index contributed by atoms with van der Waals surface area (Å²) in [6.07, 6.45) is 2.10. The van der Waals surface area contributed by atoms with Crippen LogP contribution < -0.4 is 5.32 Å². The summed E-state index contributed by atoms with van der Waals surface area (Å²) in [5.41, 5.74) is 3.10. The number of halogens is 1. The first-order valence-electron chi connectivity index (χ1n) is 6.89. The summed E-state index contributed by atoms with van der Waals surface area (Å²) >= 11 is 6.12. The standard InChI is InChI=1S/C16H12ClN5/c17-13-8-4-7-12(9-13)15-10-14(11-5-2-1-3-6-11)18-16-19-20-21-22(15)16/h1-10,15H,(H,18,19,21)/t15-/m1/s1. The number of tetrazole rings is 1. The summed E-state index contributed by atoms with van der Waals surface area (Å²) in [4.78, 5) is 0. The number of hydrogen-bond donors (Lipinski definition) is 1. The van der Waals surface area contributed by atoms with Crippen LogP contribution in [-0.4, -0.2) is 20.2 Å². The average molecular weight is 310 g/mol. The highest BCUT2D eigenvalue weighted by atomic mass is 35.5. The second-order valence-electron chi connectivity index (χ2n) is 5.02. The highest BCUT2D eigenvalue weighted by Gasteiger charge is 2.24. The van der Waals surface area contributed by atoms with Crippen molar-refractivity contribution in [2.45, 2.75) is 6.04 Å². The Labute approximate surface area is 132 Å². The Bertz CT molecular complexity index is 841. The molecule has 2 heterocycles. The minimum absolute atomic E-state index is 0.0971. The molecular weight excluding hydrogens is 298 g/mol. The Hall–Kier alpha value is -2.66. The molecule has 3 aromatic rings. The van der Waals surface area contributed by atoms with E-state index in [1.807, 2.05) is 54.6 Å². The van der Waals surface area contributed by atoms with E-state index in [0.29, 0.717) is 11.0 Å². The van der Waals surface area contributed by atoms with E-state index in [2.05, 4.69) is 26.9 Å². The van der Waals surface area contributed by atoms with Crippen molar-refractivity contribution in [2.24, 2.45) is 0 Å². The lowest BCUT2D eigenvalue weighted by Crippen LogP contribution is -2.20. The number of hydrogen-bond acceptors (Lipinski definition) is 4. The molecule has 2 aromatic carbocycles. The number of fused-ring (bicyclic) bond motifs is 1. The Morgan fingerprint density at radius 3 is 2.73 bits per heavy atom. The number of anilines is 1. The van der Waals surface area contributed by atoms with Crippen LogP contribution in [0.15, 0.2) is 60.7 Å². The maximum absolute atomic E-state index is 6.12. The van der Waals surface area contributed by atoms with Crippen LogP contribution in [0.4, 0.5) is 5.95 Å². The normalized spacial score (nSPS) is 16.6. The van der Waals surface area contributed by atoms with E-state index in [1.54, 1.807) is 4.68 Å². The topological polar surface area (TPSA) is 55.6 Å². The van der Waals surface area contributed by atoms with E-state index in [1.165, 1.54) is 0 Å². The molecular formula is C16H12ClN5. The molecule has 1 aliphatic heterocycles. The minimum Gasteiger partial charge on any atom is -0.323 e. The van der Waals surface area contributed by atoms with Crippen LogP contribution in [0.5, 0.6) is 0 Å². The zero-order chi connectivity index (χ0) is 14.9. The molecule has 1 N–H and O–H groups in total. The van der Waals surface area contributed by atoms with Crippen LogP contribution in [-0.2, 0) is 0 Å². The van der Waals surface area contributed by atoms with Gasteiger partial charge in [-0.05, 0) is 39.8 Å². The van der Waals surface area contributed by atoms with Gasteiger partial charge in [0, 0.05) is 10.7 Å². The number of aromatic nitrogens is 4. The summed E-state index contributed by atoms with van der Waals surface area (Å²) < 4.78 is 1.75. The number of benzene rings is 2. The molecule has 0 radical (unpaired) electrons. The second kappa shape index (κ2) is 5.27. The number of nitrogens with zero attached hydrogens (tertiary/aromatic N) is 4. The van der Waals surface area contributed by atoms with Crippen molar-refractivity contribution in [3.8, 4) is 0 Å². The SMILES string of the molecule is Clc1cccc([C@H]2C=C(c3ccccc3)Nc3nnnn32)c1. The molecule has 0 unspecified atom stereocenters. The molecule has 1 atom stereocenters. The van der Waals surface area contributed by atoms with Crippen molar-refractivity contribution in [1.82, 2.24) is 20.2 Å². The summed E-state index contributed by atoms with van der Waals surface area (Å²) in [6, 6.07) is 17.7. The quantitative estimate of drug-likeness (QED) is 0.788. The first-order chi connectivity index (χ1) is 10.8. The number of rotatable bonds is 2. The number of nitrogens with one attached hydrogen (secondary N) is 1. The zero-order valence-electron chi connectivity index (χ0n) is 11.5. The lowest BCUT2D eigenvalue weighted by Gasteiger charge is -2.23. The van der Waals surface area contributed by atoms with E-state index < -0.39 is 0 Å². The van der Waals surface area contributed by atoms with Gasteiger partial charge < -0.3 is 5.32 Å². The van der Waals surface area contributed by atoms with E-state index >= 15 is 0 Å². The van der Waals surface area contributed by atoms with E-state index in [0.717, 1.165) is 16.8 Å². The molecule has 22 heavy (non-hydrogen) atoms. The molecule has 6 heteroatoms. The van der Waals surface area contributed by atoms with E-state index in [-0.39, 0.29) is 6.04 Å². The van der Waals surface area contributed by atoms with Gasteiger partial charge >= 0.3 is 0 Å². The Balaban J connectivity index is 1.83. The van der Waals surface area contributed by atoms with Gasteiger partial charge in [0.05, 0.1) is 0 Å². The van der Waals surface area contributed by atoms with Crippen LogP contribution in [0.1, 0.15) is 17.2 Å². The van der Waals surface area contributed by atoms with Gasteiger partial charge in [-0.25, -0.2) is 0 Å². The van der Waals surface area contributed by atoms with Crippen molar-refractivity contribution >= 4 is 23.2 Å². The maximum Gasteiger partial charge on any atom is 0.248 e.